The van der Waals surface area contributed by atoms with Crippen LogP contribution in [0, 0.1) is 0 Å². The number of nitrogens with zero attached hydrogens (tertiary/aromatic N) is 2. The minimum absolute atomic E-state index is 0.197. The zero-order chi connectivity index (χ0) is 23.1. The van der Waals surface area contributed by atoms with Crippen LogP contribution in [0.3, 0.4) is 0 Å². The number of hydrogen-bond acceptors (Lipinski definition) is 5. The SMILES string of the molecule is CCC(OCc1ccc(-c2ncn(C)c2NC(=O)OC(C)c2ccccc2)cc1)C(=O)O. The van der Waals surface area contributed by atoms with E-state index in [0.717, 1.165) is 16.7 Å². The Morgan fingerprint density at radius 3 is 2.44 bits per heavy atom. The molecule has 1 heterocycles. The van der Waals surface area contributed by atoms with E-state index in [-0.39, 0.29) is 6.61 Å². The summed E-state index contributed by atoms with van der Waals surface area (Å²) < 4.78 is 12.7. The Bertz CT molecular complexity index is 1050. The maximum Gasteiger partial charge on any atom is 0.413 e. The van der Waals surface area contributed by atoms with Gasteiger partial charge >= 0.3 is 12.1 Å². The molecule has 8 nitrogen and oxygen atoms in total. The van der Waals surface area contributed by atoms with Gasteiger partial charge in [-0.15, -0.1) is 0 Å². The molecule has 168 valence electrons. The van der Waals surface area contributed by atoms with E-state index in [0.29, 0.717) is 17.9 Å². The molecule has 2 N–H and O–H groups in total. The van der Waals surface area contributed by atoms with Crippen molar-refractivity contribution in [1.82, 2.24) is 9.55 Å². The normalized spacial score (nSPS) is 12.7. The molecule has 2 aromatic carbocycles. The molecule has 1 amide bonds. The summed E-state index contributed by atoms with van der Waals surface area (Å²) in [6.45, 7) is 3.78. The van der Waals surface area contributed by atoms with Crippen molar-refractivity contribution in [2.24, 2.45) is 7.05 Å². The number of aliphatic carboxylic acids is 1. The third kappa shape index (κ3) is 5.73. The number of benzene rings is 2. The van der Waals surface area contributed by atoms with Gasteiger partial charge in [0.15, 0.2) is 6.10 Å². The van der Waals surface area contributed by atoms with Crippen LogP contribution in [-0.2, 0) is 27.9 Å². The number of aryl methyl sites for hydroxylation is 1. The first-order chi connectivity index (χ1) is 15.4. The number of rotatable bonds is 9. The zero-order valence-corrected chi connectivity index (χ0v) is 18.3. The Morgan fingerprint density at radius 2 is 1.81 bits per heavy atom. The van der Waals surface area contributed by atoms with Crippen LogP contribution in [0.15, 0.2) is 60.9 Å². The maximum atomic E-state index is 12.5. The summed E-state index contributed by atoms with van der Waals surface area (Å²) in [4.78, 5) is 28.0. The fraction of sp³-hybridized carbons (Fsp3) is 0.292. The van der Waals surface area contributed by atoms with Gasteiger partial charge in [-0.3, -0.25) is 5.32 Å². The van der Waals surface area contributed by atoms with Crippen molar-refractivity contribution < 1.29 is 24.2 Å². The average molecular weight is 437 g/mol. The van der Waals surface area contributed by atoms with Gasteiger partial charge in [0, 0.05) is 12.6 Å². The number of hydrogen-bond donors (Lipinski definition) is 2. The van der Waals surface area contributed by atoms with E-state index in [4.69, 9.17) is 14.6 Å². The molecular formula is C24H27N3O5. The number of carboxylic acids is 1. The second-order valence-electron chi connectivity index (χ2n) is 7.38. The summed E-state index contributed by atoms with van der Waals surface area (Å²) >= 11 is 0. The van der Waals surface area contributed by atoms with Gasteiger partial charge < -0.3 is 19.1 Å². The maximum absolute atomic E-state index is 12.5. The molecule has 2 atom stereocenters. The van der Waals surface area contributed by atoms with Gasteiger partial charge in [0.25, 0.3) is 0 Å². The highest BCUT2D eigenvalue weighted by molar-refractivity contribution is 5.89. The lowest BCUT2D eigenvalue weighted by molar-refractivity contribution is -0.151. The monoisotopic (exact) mass is 437 g/mol. The van der Waals surface area contributed by atoms with Crippen LogP contribution in [-0.4, -0.2) is 32.8 Å². The van der Waals surface area contributed by atoms with E-state index in [9.17, 15) is 9.59 Å². The fourth-order valence-electron chi connectivity index (χ4n) is 3.19. The van der Waals surface area contributed by atoms with E-state index >= 15 is 0 Å². The largest absolute Gasteiger partial charge is 0.479 e. The van der Waals surface area contributed by atoms with Gasteiger partial charge in [-0.25, -0.2) is 14.6 Å². The fourth-order valence-corrected chi connectivity index (χ4v) is 3.19. The van der Waals surface area contributed by atoms with E-state index in [1.807, 2.05) is 61.5 Å². The summed E-state index contributed by atoms with van der Waals surface area (Å²) in [5.41, 5.74) is 3.14. The first kappa shape index (κ1) is 23.0. The summed E-state index contributed by atoms with van der Waals surface area (Å²) in [7, 11) is 1.78. The minimum atomic E-state index is -0.971. The van der Waals surface area contributed by atoms with E-state index < -0.39 is 24.3 Å². The molecule has 0 spiro atoms. The summed E-state index contributed by atoms with van der Waals surface area (Å²) in [5.74, 6) is -0.460. The van der Waals surface area contributed by atoms with Gasteiger partial charge in [-0.1, -0.05) is 61.5 Å². The number of carbonyl (C=O) groups is 2. The lowest BCUT2D eigenvalue weighted by Gasteiger charge is -2.15. The predicted molar refractivity (Wildman–Crippen MR) is 120 cm³/mol. The minimum Gasteiger partial charge on any atom is -0.479 e. The third-order valence-electron chi connectivity index (χ3n) is 5.04. The van der Waals surface area contributed by atoms with Crippen molar-refractivity contribution >= 4 is 17.9 Å². The van der Waals surface area contributed by atoms with Crippen LogP contribution < -0.4 is 5.32 Å². The van der Waals surface area contributed by atoms with Crippen LogP contribution in [0.25, 0.3) is 11.3 Å². The molecule has 0 saturated carbocycles. The molecule has 32 heavy (non-hydrogen) atoms. The number of carboxylic acid groups (broad SMARTS) is 1. The molecule has 0 saturated heterocycles. The zero-order valence-electron chi connectivity index (χ0n) is 18.3. The molecule has 3 rings (SSSR count). The van der Waals surface area contributed by atoms with E-state index in [2.05, 4.69) is 10.3 Å². The van der Waals surface area contributed by atoms with Crippen molar-refractivity contribution in [2.75, 3.05) is 5.32 Å². The molecule has 1 aromatic heterocycles. The van der Waals surface area contributed by atoms with E-state index in [1.54, 1.807) is 24.9 Å². The number of carbonyl (C=O) groups excluding carboxylic acids is 1. The van der Waals surface area contributed by atoms with Crippen molar-refractivity contribution in [3.63, 3.8) is 0 Å². The topological polar surface area (TPSA) is 103 Å². The molecular weight excluding hydrogens is 410 g/mol. The Hall–Kier alpha value is -3.65. The second kappa shape index (κ2) is 10.6. The lowest BCUT2D eigenvalue weighted by atomic mass is 10.1. The Balaban J connectivity index is 1.67. The third-order valence-corrected chi connectivity index (χ3v) is 5.04. The molecule has 0 radical (unpaired) electrons. The van der Waals surface area contributed by atoms with Crippen molar-refractivity contribution in [2.45, 2.75) is 39.1 Å². The highest BCUT2D eigenvalue weighted by Gasteiger charge is 2.18. The Kier molecular flexibility index (Phi) is 7.62. The standard InChI is InChI=1S/C24H27N3O5/c1-4-20(23(28)29)31-14-17-10-12-19(13-11-17)21-22(27(3)15-25-21)26-24(30)32-16(2)18-8-6-5-7-9-18/h5-13,15-16,20H,4,14H2,1-3H3,(H,26,30)(H,28,29). The van der Waals surface area contributed by atoms with Gasteiger partial charge in [0.05, 0.1) is 12.9 Å². The van der Waals surface area contributed by atoms with Gasteiger partial charge in [-0.05, 0) is 24.5 Å². The molecule has 0 fully saturated rings. The van der Waals surface area contributed by atoms with Crippen molar-refractivity contribution in [3.05, 3.63) is 72.1 Å². The number of imidazole rings is 1. The van der Waals surface area contributed by atoms with Crippen LogP contribution in [0.1, 0.15) is 37.5 Å². The average Bonchev–Trinajstić information content (AvgIpc) is 3.15. The first-order valence-electron chi connectivity index (χ1n) is 10.4. The smallest absolute Gasteiger partial charge is 0.413 e. The summed E-state index contributed by atoms with van der Waals surface area (Å²) in [6.07, 6.45) is 0.211. The molecule has 0 bridgehead atoms. The number of ether oxygens (including phenoxy) is 2. The van der Waals surface area contributed by atoms with Crippen molar-refractivity contribution in [1.29, 1.82) is 0 Å². The second-order valence-corrected chi connectivity index (χ2v) is 7.38. The summed E-state index contributed by atoms with van der Waals surface area (Å²) in [6, 6.07) is 16.9. The van der Waals surface area contributed by atoms with Crippen LogP contribution in [0.4, 0.5) is 10.6 Å². The molecule has 0 aliphatic carbocycles. The lowest BCUT2D eigenvalue weighted by Crippen LogP contribution is -2.22. The quantitative estimate of drug-likeness (QED) is 0.500. The number of aromatic nitrogens is 2. The summed E-state index contributed by atoms with van der Waals surface area (Å²) in [5, 5.41) is 11.9. The Morgan fingerprint density at radius 1 is 1.12 bits per heavy atom. The molecule has 2 unspecified atom stereocenters. The van der Waals surface area contributed by atoms with Gasteiger partial charge in [0.1, 0.15) is 17.6 Å². The molecule has 0 aliphatic heterocycles. The molecule has 8 heteroatoms. The number of nitrogens with one attached hydrogen (secondary N) is 1. The highest BCUT2D eigenvalue weighted by atomic mass is 16.6. The molecule has 0 aliphatic rings. The number of amides is 1. The predicted octanol–water partition coefficient (Wildman–Crippen LogP) is 4.78. The number of anilines is 1. The van der Waals surface area contributed by atoms with Gasteiger partial charge in [0.2, 0.25) is 0 Å². The Labute approximate surface area is 186 Å². The van der Waals surface area contributed by atoms with Crippen molar-refractivity contribution in [3.8, 4) is 11.3 Å². The molecule has 3 aromatic rings. The first-order valence-corrected chi connectivity index (χ1v) is 10.4. The van der Waals surface area contributed by atoms with Gasteiger partial charge in [-0.2, -0.15) is 0 Å². The highest BCUT2D eigenvalue weighted by Crippen LogP contribution is 2.27. The van der Waals surface area contributed by atoms with Crippen LogP contribution in [0.2, 0.25) is 0 Å². The van der Waals surface area contributed by atoms with Crippen LogP contribution >= 0.6 is 0 Å². The van der Waals surface area contributed by atoms with E-state index in [1.165, 1.54) is 0 Å². The van der Waals surface area contributed by atoms with Crippen LogP contribution in [0.5, 0.6) is 0 Å².